The van der Waals surface area contributed by atoms with Gasteiger partial charge in [0.2, 0.25) is 0 Å². The summed E-state index contributed by atoms with van der Waals surface area (Å²) in [6, 6.07) is 0. The second-order valence-electron chi connectivity index (χ2n) is 5.53. The third-order valence-electron chi connectivity index (χ3n) is 3.98. The summed E-state index contributed by atoms with van der Waals surface area (Å²) in [5.74, 6) is 0. The van der Waals surface area contributed by atoms with Gasteiger partial charge >= 0.3 is 27.3 Å². The number of rotatable bonds is 4. The van der Waals surface area contributed by atoms with Crippen molar-refractivity contribution in [1.82, 2.24) is 0 Å². The Hall–Kier alpha value is 0.482. The van der Waals surface area contributed by atoms with E-state index in [1.807, 2.05) is 0 Å². The van der Waals surface area contributed by atoms with E-state index >= 15 is 0 Å². The maximum absolute atomic E-state index is 9.94. The van der Waals surface area contributed by atoms with Crippen LogP contribution in [0.1, 0.15) is 0 Å². The van der Waals surface area contributed by atoms with Crippen molar-refractivity contribution in [3.05, 3.63) is 0 Å². The van der Waals surface area contributed by atoms with Crippen molar-refractivity contribution in [1.29, 1.82) is 0 Å². The fraction of sp³-hybridized carbons (Fsp3) is 1.00. The molecule has 0 saturated carbocycles. The van der Waals surface area contributed by atoms with E-state index in [2.05, 4.69) is 0 Å². The van der Waals surface area contributed by atoms with Gasteiger partial charge in [-0.25, -0.2) is 0 Å². The summed E-state index contributed by atoms with van der Waals surface area (Å²) in [6.07, 6.45) is -15.6. The standard InChI is InChI=1S/C12H22O11.Pb.2H/c13-1-3-5(15)6(16)9(19)12(22-3)23-10-4(2-14)21-11(20)8(18)7(10)17;;;/h3-20H,1-2H2;;;/t3-,4-,5+,6+,7-,8-,9-,10-,11+,12+;;;/m1.../s1. The molecule has 11 nitrogen and oxygen atoms in total. The minimum absolute atomic E-state index is 0. The van der Waals surface area contributed by atoms with Crippen LogP contribution in [0.25, 0.3) is 0 Å². The quantitative estimate of drug-likeness (QED) is 0.155. The van der Waals surface area contributed by atoms with Crippen LogP contribution in [0.3, 0.4) is 0 Å². The molecular formula is C12H24O11Pb. The van der Waals surface area contributed by atoms with Crippen LogP contribution >= 0.6 is 0 Å². The van der Waals surface area contributed by atoms with Crippen molar-refractivity contribution in [2.45, 2.75) is 61.4 Å². The van der Waals surface area contributed by atoms with Crippen molar-refractivity contribution in [2.75, 3.05) is 13.2 Å². The zero-order valence-electron chi connectivity index (χ0n) is 12.7. The fourth-order valence-electron chi connectivity index (χ4n) is 2.57. The van der Waals surface area contributed by atoms with Gasteiger partial charge in [-0.05, 0) is 0 Å². The summed E-state index contributed by atoms with van der Waals surface area (Å²) in [7, 11) is 0. The second kappa shape index (κ2) is 9.43. The van der Waals surface area contributed by atoms with Gasteiger partial charge in [-0.2, -0.15) is 0 Å². The van der Waals surface area contributed by atoms with Crippen LogP contribution in [0.15, 0.2) is 0 Å². The van der Waals surface area contributed by atoms with Gasteiger partial charge in [0, 0.05) is 0 Å². The summed E-state index contributed by atoms with van der Waals surface area (Å²) in [5, 5.41) is 76.5. The molecule has 2 aliphatic heterocycles. The average Bonchev–Trinajstić information content (AvgIpc) is 2.55. The number of aliphatic hydroxyl groups excluding tert-OH is 8. The molecule has 10 atom stereocenters. The number of hydrogen-bond acceptors (Lipinski definition) is 11. The fourth-order valence-corrected chi connectivity index (χ4v) is 2.57. The molecule has 12 heteroatoms. The second-order valence-corrected chi connectivity index (χ2v) is 5.53. The molecule has 2 rings (SSSR count). The first kappa shape index (κ1) is 22.5. The van der Waals surface area contributed by atoms with Crippen molar-refractivity contribution < 1.29 is 55.1 Å². The molecule has 0 aromatic carbocycles. The molecule has 2 saturated heterocycles. The first-order valence-electron chi connectivity index (χ1n) is 7.08. The molecule has 2 radical (unpaired) electrons. The Morgan fingerprint density at radius 3 is 1.79 bits per heavy atom. The molecule has 0 aliphatic carbocycles. The molecular weight excluding hydrogens is 527 g/mol. The third kappa shape index (κ3) is 4.41. The Labute approximate surface area is 157 Å². The Bertz CT molecular complexity index is 384. The van der Waals surface area contributed by atoms with Gasteiger partial charge < -0.3 is 55.1 Å². The van der Waals surface area contributed by atoms with Crippen LogP contribution in [-0.4, -0.2) is 143 Å². The summed E-state index contributed by atoms with van der Waals surface area (Å²) in [5.41, 5.74) is 0. The molecule has 0 aromatic rings. The molecule has 0 bridgehead atoms. The molecule has 2 aliphatic rings. The van der Waals surface area contributed by atoms with Gasteiger partial charge in [0.05, 0.1) is 13.2 Å². The third-order valence-corrected chi connectivity index (χ3v) is 3.98. The van der Waals surface area contributed by atoms with Crippen molar-refractivity contribution in [2.24, 2.45) is 0 Å². The van der Waals surface area contributed by atoms with E-state index in [1.165, 1.54) is 0 Å². The monoisotopic (exact) mass is 552 g/mol. The molecule has 142 valence electrons. The van der Waals surface area contributed by atoms with Gasteiger partial charge in [0.15, 0.2) is 12.6 Å². The molecule has 24 heavy (non-hydrogen) atoms. The first-order valence-corrected chi connectivity index (χ1v) is 7.08. The topological polar surface area (TPSA) is 190 Å². The van der Waals surface area contributed by atoms with Gasteiger partial charge in [0.1, 0.15) is 48.8 Å². The molecule has 2 heterocycles. The van der Waals surface area contributed by atoms with Crippen LogP contribution in [-0.2, 0) is 14.2 Å². The van der Waals surface area contributed by atoms with Gasteiger partial charge in [-0.1, -0.05) is 0 Å². The molecule has 2 fully saturated rings. The van der Waals surface area contributed by atoms with Crippen molar-refractivity contribution >= 4 is 27.3 Å². The van der Waals surface area contributed by atoms with Crippen LogP contribution in [0.4, 0.5) is 0 Å². The Morgan fingerprint density at radius 1 is 0.667 bits per heavy atom. The molecule has 0 unspecified atom stereocenters. The summed E-state index contributed by atoms with van der Waals surface area (Å²) >= 11 is 0. The molecule has 8 N–H and O–H groups in total. The average molecular weight is 552 g/mol. The Balaban J connectivity index is 0.00000288. The summed E-state index contributed by atoms with van der Waals surface area (Å²) in [4.78, 5) is 0. The number of aliphatic hydroxyl groups is 8. The van der Waals surface area contributed by atoms with Gasteiger partial charge in [-0.15, -0.1) is 0 Å². The van der Waals surface area contributed by atoms with Gasteiger partial charge in [0.25, 0.3) is 0 Å². The Kier molecular flexibility index (Phi) is 8.85. The van der Waals surface area contributed by atoms with E-state index in [-0.39, 0.29) is 27.3 Å². The SMILES string of the molecule is OC[C@H]1O[C@@H](O[C@H]2[C@H](O)[C@@H](O)[C@@H](O)O[C@@H]2CO)[C@H](O)[C@@H](O)[C@H]1O.[PbH2]. The molecule has 0 amide bonds. The van der Waals surface area contributed by atoms with Crippen molar-refractivity contribution in [3.8, 4) is 0 Å². The van der Waals surface area contributed by atoms with E-state index < -0.39 is 74.6 Å². The van der Waals surface area contributed by atoms with Crippen LogP contribution in [0.5, 0.6) is 0 Å². The van der Waals surface area contributed by atoms with Crippen molar-refractivity contribution in [3.63, 3.8) is 0 Å². The predicted molar refractivity (Wildman–Crippen MR) is 77.2 cm³/mol. The Morgan fingerprint density at radius 2 is 1.25 bits per heavy atom. The van der Waals surface area contributed by atoms with Gasteiger partial charge in [-0.3, -0.25) is 0 Å². The zero-order valence-corrected chi connectivity index (χ0v) is 18.2. The minimum atomic E-state index is -1.74. The normalized spacial score (nSPS) is 49.5. The predicted octanol–water partition coefficient (Wildman–Crippen LogP) is -6.31. The van der Waals surface area contributed by atoms with E-state index in [4.69, 9.17) is 19.3 Å². The number of ether oxygens (including phenoxy) is 3. The van der Waals surface area contributed by atoms with Crippen LogP contribution < -0.4 is 0 Å². The maximum atomic E-state index is 9.94. The van der Waals surface area contributed by atoms with Crippen LogP contribution in [0, 0.1) is 0 Å². The summed E-state index contributed by atoms with van der Waals surface area (Å²) < 4.78 is 15.3. The molecule has 0 aromatic heterocycles. The van der Waals surface area contributed by atoms with E-state index in [0.717, 1.165) is 0 Å². The zero-order chi connectivity index (χ0) is 17.3. The van der Waals surface area contributed by atoms with E-state index in [9.17, 15) is 35.7 Å². The van der Waals surface area contributed by atoms with E-state index in [0.29, 0.717) is 0 Å². The number of hydrogen-bond donors (Lipinski definition) is 8. The molecule has 0 spiro atoms. The van der Waals surface area contributed by atoms with Crippen LogP contribution in [0.2, 0.25) is 0 Å². The summed E-state index contributed by atoms with van der Waals surface area (Å²) in [6.45, 7) is -1.35. The first-order chi connectivity index (χ1) is 10.8. The van der Waals surface area contributed by atoms with E-state index in [1.54, 1.807) is 0 Å².